The van der Waals surface area contributed by atoms with Gasteiger partial charge in [0.1, 0.15) is 5.71 Å². The second kappa shape index (κ2) is 6.63. The number of oxime groups is 1. The van der Waals surface area contributed by atoms with Crippen molar-refractivity contribution in [2.45, 2.75) is 0 Å². The van der Waals surface area contributed by atoms with E-state index in [4.69, 9.17) is 16.4 Å². The number of nitrogens with zero attached hydrogens (tertiary/aromatic N) is 1. The van der Waals surface area contributed by atoms with Gasteiger partial charge in [0.05, 0.1) is 5.57 Å². The maximum absolute atomic E-state index is 12.5. The van der Waals surface area contributed by atoms with Gasteiger partial charge in [0, 0.05) is 10.6 Å². The molecule has 0 radical (unpaired) electrons. The van der Waals surface area contributed by atoms with Gasteiger partial charge >= 0.3 is 5.97 Å². The summed E-state index contributed by atoms with van der Waals surface area (Å²) >= 11 is 5.99. The summed E-state index contributed by atoms with van der Waals surface area (Å²) in [4.78, 5) is 17.5. The van der Waals surface area contributed by atoms with Crippen LogP contribution in [-0.4, -0.2) is 11.7 Å². The number of carbonyl (C=O) groups excluding carboxylic acids is 1. The van der Waals surface area contributed by atoms with Gasteiger partial charge in [0.15, 0.2) is 0 Å². The van der Waals surface area contributed by atoms with Crippen LogP contribution in [0.3, 0.4) is 0 Å². The number of hydrogen-bond acceptors (Lipinski definition) is 3. The Balaban J connectivity index is 1.77. The maximum Gasteiger partial charge on any atom is 0.368 e. The Bertz CT molecular complexity index is 1250. The lowest BCUT2D eigenvalue weighted by Crippen LogP contribution is -2.07. The van der Waals surface area contributed by atoms with Gasteiger partial charge in [-0.1, -0.05) is 77.4 Å². The molecular formula is C24H14ClNO2. The molecule has 0 amide bonds. The predicted molar refractivity (Wildman–Crippen MR) is 114 cm³/mol. The van der Waals surface area contributed by atoms with Crippen molar-refractivity contribution < 1.29 is 9.63 Å². The number of hydrogen-bond donors (Lipinski definition) is 0. The summed E-state index contributed by atoms with van der Waals surface area (Å²) in [6.45, 7) is 0. The molecule has 0 N–H and O–H groups in total. The van der Waals surface area contributed by atoms with Crippen LogP contribution >= 0.6 is 11.6 Å². The molecule has 4 aromatic rings. The maximum atomic E-state index is 12.5. The molecule has 0 aromatic heterocycles. The van der Waals surface area contributed by atoms with Crippen LogP contribution < -0.4 is 0 Å². The molecule has 0 bridgehead atoms. The van der Waals surface area contributed by atoms with Crippen LogP contribution in [0.25, 0.3) is 27.6 Å². The molecule has 1 heterocycles. The summed E-state index contributed by atoms with van der Waals surface area (Å²) in [5.74, 6) is -0.457. The summed E-state index contributed by atoms with van der Waals surface area (Å²) in [7, 11) is 0. The summed E-state index contributed by atoms with van der Waals surface area (Å²) in [6, 6.07) is 25.7. The van der Waals surface area contributed by atoms with E-state index in [2.05, 4.69) is 35.5 Å². The monoisotopic (exact) mass is 383 g/mol. The first-order valence-corrected chi connectivity index (χ1v) is 9.26. The fourth-order valence-electron chi connectivity index (χ4n) is 3.57. The Hall–Kier alpha value is -3.43. The van der Waals surface area contributed by atoms with Crippen molar-refractivity contribution in [3.63, 3.8) is 0 Å². The first-order chi connectivity index (χ1) is 13.7. The lowest BCUT2D eigenvalue weighted by molar-refractivity contribution is -0.136. The van der Waals surface area contributed by atoms with E-state index < -0.39 is 5.97 Å². The first-order valence-electron chi connectivity index (χ1n) is 8.88. The molecule has 0 unspecified atom stereocenters. The molecular weight excluding hydrogens is 370 g/mol. The van der Waals surface area contributed by atoms with E-state index in [9.17, 15) is 4.79 Å². The van der Waals surface area contributed by atoms with E-state index in [0.717, 1.165) is 32.7 Å². The lowest BCUT2D eigenvalue weighted by atomic mass is 9.93. The Morgan fingerprint density at radius 2 is 1.43 bits per heavy atom. The third-order valence-electron chi connectivity index (χ3n) is 4.91. The van der Waals surface area contributed by atoms with Gasteiger partial charge in [0.2, 0.25) is 0 Å². The molecule has 0 saturated carbocycles. The molecule has 4 heteroatoms. The van der Waals surface area contributed by atoms with Gasteiger partial charge in [-0.25, -0.2) is 4.79 Å². The highest BCUT2D eigenvalue weighted by molar-refractivity contribution is 6.33. The van der Waals surface area contributed by atoms with Crippen LogP contribution in [0.15, 0.2) is 89.6 Å². The van der Waals surface area contributed by atoms with Crippen LogP contribution in [0.4, 0.5) is 0 Å². The summed E-state index contributed by atoms with van der Waals surface area (Å²) in [5, 5.41) is 9.01. The highest BCUT2D eigenvalue weighted by Gasteiger charge is 2.27. The van der Waals surface area contributed by atoms with Crippen molar-refractivity contribution in [1.82, 2.24) is 0 Å². The van der Waals surface area contributed by atoms with Gasteiger partial charge < -0.3 is 4.84 Å². The van der Waals surface area contributed by atoms with Crippen LogP contribution in [0.5, 0.6) is 0 Å². The van der Waals surface area contributed by atoms with E-state index in [0.29, 0.717) is 16.3 Å². The van der Waals surface area contributed by atoms with Crippen LogP contribution in [-0.2, 0) is 9.63 Å². The van der Waals surface area contributed by atoms with Gasteiger partial charge in [-0.15, -0.1) is 0 Å². The average Bonchev–Trinajstić information content (AvgIpc) is 3.09. The quantitative estimate of drug-likeness (QED) is 0.242. The second-order valence-corrected chi connectivity index (χ2v) is 7.05. The average molecular weight is 384 g/mol. The Morgan fingerprint density at radius 3 is 2.07 bits per heavy atom. The largest absolute Gasteiger partial charge is 0.368 e. The molecule has 0 atom stereocenters. The number of carbonyl (C=O) groups is 1. The Kier molecular flexibility index (Phi) is 3.96. The number of halogens is 1. The second-order valence-electron chi connectivity index (χ2n) is 6.62. The normalized spacial score (nSPS) is 15.2. The number of benzene rings is 4. The fraction of sp³-hybridized carbons (Fsp3) is 0. The van der Waals surface area contributed by atoms with Gasteiger partial charge in [0.25, 0.3) is 0 Å². The van der Waals surface area contributed by atoms with Crippen molar-refractivity contribution in [3.8, 4) is 0 Å². The summed E-state index contributed by atoms with van der Waals surface area (Å²) < 4.78 is 0. The zero-order valence-corrected chi connectivity index (χ0v) is 15.5. The van der Waals surface area contributed by atoms with Crippen molar-refractivity contribution >= 4 is 50.9 Å². The summed E-state index contributed by atoms with van der Waals surface area (Å²) in [6.07, 6.45) is 1.88. The third-order valence-corrected chi connectivity index (χ3v) is 5.17. The van der Waals surface area contributed by atoms with E-state index in [1.165, 1.54) is 0 Å². The fourth-order valence-corrected chi connectivity index (χ4v) is 3.70. The van der Waals surface area contributed by atoms with Gasteiger partial charge in [-0.2, -0.15) is 0 Å². The van der Waals surface area contributed by atoms with Gasteiger partial charge in [-0.05, 0) is 51.4 Å². The van der Waals surface area contributed by atoms with Crippen LogP contribution in [0.1, 0.15) is 11.1 Å². The third kappa shape index (κ3) is 2.77. The van der Waals surface area contributed by atoms with E-state index in [-0.39, 0.29) is 0 Å². The molecule has 4 aromatic carbocycles. The molecule has 0 aliphatic carbocycles. The van der Waals surface area contributed by atoms with Crippen molar-refractivity contribution in [2.24, 2.45) is 5.16 Å². The lowest BCUT2D eigenvalue weighted by Gasteiger charge is -2.09. The molecule has 0 spiro atoms. The highest BCUT2D eigenvalue weighted by atomic mass is 35.5. The predicted octanol–water partition coefficient (Wildman–Crippen LogP) is 5.99. The van der Waals surface area contributed by atoms with Crippen molar-refractivity contribution in [3.05, 3.63) is 101 Å². The van der Waals surface area contributed by atoms with Crippen LogP contribution in [0, 0.1) is 0 Å². The van der Waals surface area contributed by atoms with Gasteiger partial charge in [-0.3, -0.25) is 0 Å². The zero-order chi connectivity index (χ0) is 19.1. The SMILES string of the molecule is O=C1ON=C(c2ccc(Cl)cc2)C1=Cc1c2ccccc2cc2ccccc12. The Labute approximate surface area is 166 Å². The molecule has 0 fully saturated rings. The summed E-state index contributed by atoms with van der Waals surface area (Å²) in [5.41, 5.74) is 2.71. The number of fused-ring (bicyclic) bond motifs is 2. The minimum Gasteiger partial charge on any atom is -0.312 e. The zero-order valence-electron chi connectivity index (χ0n) is 14.7. The molecule has 28 heavy (non-hydrogen) atoms. The first kappa shape index (κ1) is 16.7. The Morgan fingerprint density at radius 1 is 0.821 bits per heavy atom. The van der Waals surface area contributed by atoms with E-state index in [1.807, 2.05) is 42.5 Å². The molecule has 134 valence electrons. The standard InChI is InChI=1S/C24H14ClNO2/c25-18-11-9-15(10-12-18)23-22(24(27)28-26-23)14-21-19-7-3-1-5-16(19)13-17-6-2-4-8-20(17)21/h1-14H. The van der Waals surface area contributed by atoms with E-state index >= 15 is 0 Å². The molecule has 0 saturated heterocycles. The minimum absolute atomic E-state index is 0.434. The molecule has 3 nitrogen and oxygen atoms in total. The minimum atomic E-state index is -0.457. The van der Waals surface area contributed by atoms with E-state index in [1.54, 1.807) is 12.1 Å². The van der Waals surface area contributed by atoms with Crippen molar-refractivity contribution in [1.29, 1.82) is 0 Å². The van der Waals surface area contributed by atoms with Crippen molar-refractivity contribution in [2.75, 3.05) is 0 Å². The van der Waals surface area contributed by atoms with Crippen LogP contribution in [0.2, 0.25) is 5.02 Å². The molecule has 1 aliphatic rings. The highest BCUT2D eigenvalue weighted by Crippen LogP contribution is 2.32. The smallest absolute Gasteiger partial charge is 0.312 e. The number of rotatable bonds is 2. The molecule has 1 aliphatic heterocycles. The topological polar surface area (TPSA) is 38.7 Å². The molecule has 5 rings (SSSR count).